The SMILES string of the molecule is Cc1nc(C)c(-c2ccc(=O)n(CCNC(=O)c3cc([N+](=O)[O-])cc([N+](=O)[O-])c3)n2)s1. The molecule has 0 aliphatic rings. The molecule has 1 aromatic carbocycles. The number of non-ortho nitro benzene ring substituents is 2. The molecule has 0 fully saturated rings. The van der Waals surface area contributed by atoms with E-state index in [0.29, 0.717) is 5.69 Å². The number of thiazole rings is 1. The second-order valence-corrected chi connectivity index (χ2v) is 7.64. The number of nitrogens with zero attached hydrogens (tertiary/aromatic N) is 5. The molecule has 13 heteroatoms. The van der Waals surface area contributed by atoms with E-state index in [1.807, 2.05) is 13.8 Å². The van der Waals surface area contributed by atoms with Gasteiger partial charge in [-0.2, -0.15) is 5.10 Å². The zero-order valence-electron chi connectivity index (χ0n) is 16.4. The van der Waals surface area contributed by atoms with E-state index in [9.17, 15) is 29.8 Å². The second kappa shape index (κ2) is 8.79. The number of nitro benzene ring substituents is 2. The van der Waals surface area contributed by atoms with Crippen molar-refractivity contribution in [3.05, 3.63) is 77.2 Å². The number of rotatable bonds is 7. The van der Waals surface area contributed by atoms with Crippen LogP contribution in [-0.4, -0.2) is 37.1 Å². The Bertz CT molecular complexity index is 1220. The molecule has 0 unspecified atom stereocenters. The quantitative estimate of drug-likeness (QED) is 0.428. The summed E-state index contributed by atoms with van der Waals surface area (Å²) in [5.74, 6) is -0.745. The highest BCUT2D eigenvalue weighted by molar-refractivity contribution is 7.15. The number of carbonyl (C=O) groups excluding carboxylic acids is 1. The molecule has 0 aliphatic carbocycles. The fourth-order valence-corrected chi connectivity index (χ4v) is 3.70. The maximum Gasteiger partial charge on any atom is 0.277 e. The molecule has 12 nitrogen and oxygen atoms in total. The van der Waals surface area contributed by atoms with Crippen molar-refractivity contribution in [1.29, 1.82) is 0 Å². The molecule has 0 radical (unpaired) electrons. The zero-order valence-corrected chi connectivity index (χ0v) is 17.2. The van der Waals surface area contributed by atoms with E-state index in [0.717, 1.165) is 33.8 Å². The number of amides is 1. The largest absolute Gasteiger partial charge is 0.350 e. The van der Waals surface area contributed by atoms with E-state index < -0.39 is 27.1 Å². The average Bonchev–Trinajstić information content (AvgIpc) is 3.06. The lowest BCUT2D eigenvalue weighted by Crippen LogP contribution is -2.32. The molecule has 0 atom stereocenters. The van der Waals surface area contributed by atoms with Crippen LogP contribution in [0.15, 0.2) is 35.1 Å². The molecule has 160 valence electrons. The molecule has 2 aromatic heterocycles. The smallest absolute Gasteiger partial charge is 0.277 e. The lowest BCUT2D eigenvalue weighted by atomic mass is 10.1. The average molecular weight is 444 g/mol. The molecule has 1 N–H and O–H groups in total. The van der Waals surface area contributed by atoms with E-state index in [1.165, 1.54) is 22.1 Å². The predicted octanol–water partition coefficient (Wildman–Crippen LogP) is 2.23. The van der Waals surface area contributed by atoms with Gasteiger partial charge in [0.05, 0.1) is 43.6 Å². The molecule has 0 bridgehead atoms. The van der Waals surface area contributed by atoms with Crippen molar-refractivity contribution in [1.82, 2.24) is 20.1 Å². The Balaban J connectivity index is 1.75. The Morgan fingerprint density at radius 3 is 2.32 bits per heavy atom. The van der Waals surface area contributed by atoms with Crippen molar-refractivity contribution in [3.63, 3.8) is 0 Å². The first-order valence-corrected chi connectivity index (χ1v) is 9.72. The highest BCUT2D eigenvalue weighted by atomic mass is 32.1. The van der Waals surface area contributed by atoms with Crippen LogP contribution in [0.1, 0.15) is 21.1 Å². The summed E-state index contributed by atoms with van der Waals surface area (Å²) in [5.41, 5.74) is -0.377. The third kappa shape index (κ3) is 4.95. The highest BCUT2D eigenvalue weighted by Gasteiger charge is 2.20. The van der Waals surface area contributed by atoms with Crippen LogP contribution in [0.25, 0.3) is 10.6 Å². The molecule has 1 amide bonds. The maximum atomic E-state index is 12.3. The molecule has 3 rings (SSSR count). The van der Waals surface area contributed by atoms with Gasteiger partial charge < -0.3 is 5.32 Å². The molecule has 0 spiro atoms. The Kier molecular flexibility index (Phi) is 6.15. The topological polar surface area (TPSA) is 163 Å². The van der Waals surface area contributed by atoms with Crippen molar-refractivity contribution in [2.45, 2.75) is 20.4 Å². The van der Waals surface area contributed by atoms with Crippen molar-refractivity contribution in [2.75, 3.05) is 6.54 Å². The molecule has 2 heterocycles. The Morgan fingerprint density at radius 2 is 1.77 bits per heavy atom. The summed E-state index contributed by atoms with van der Waals surface area (Å²) in [4.78, 5) is 49.9. The molecular formula is C18H16N6O6S. The van der Waals surface area contributed by atoms with E-state index in [1.54, 1.807) is 6.07 Å². The minimum Gasteiger partial charge on any atom is -0.350 e. The maximum absolute atomic E-state index is 12.3. The second-order valence-electron chi connectivity index (χ2n) is 6.44. The third-order valence-corrected chi connectivity index (χ3v) is 5.29. The van der Waals surface area contributed by atoms with Crippen LogP contribution >= 0.6 is 11.3 Å². The zero-order chi connectivity index (χ0) is 22.7. The lowest BCUT2D eigenvalue weighted by molar-refractivity contribution is -0.394. The summed E-state index contributed by atoms with van der Waals surface area (Å²) >= 11 is 1.45. The fourth-order valence-electron chi connectivity index (χ4n) is 2.81. The number of aryl methyl sites for hydroxylation is 2. The number of hydrogen-bond acceptors (Lipinski definition) is 9. The van der Waals surface area contributed by atoms with Gasteiger partial charge in [-0.25, -0.2) is 9.67 Å². The molecule has 0 aliphatic heterocycles. The van der Waals surface area contributed by atoms with Crippen LogP contribution in [0.3, 0.4) is 0 Å². The number of benzene rings is 1. The Morgan fingerprint density at radius 1 is 1.13 bits per heavy atom. The normalized spacial score (nSPS) is 10.6. The van der Waals surface area contributed by atoms with Gasteiger partial charge in [-0.3, -0.25) is 29.8 Å². The summed E-state index contributed by atoms with van der Waals surface area (Å²) in [6, 6.07) is 5.63. The first-order valence-electron chi connectivity index (χ1n) is 8.90. The number of nitrogens with one attached hydrogen (secondary N) is 1. The summed E-state index contributed by atoms with van der Waals surface area (Å²) in [6.45, 7) is 3.72. The highest BCUT2D eigenvalue weighted by Crippen LogP contribution is 2.27. The van der Waals surface area contributed by atoms with Gasteiger partial charge in [0.25, 0.3) is 22.8 Å². The standard InChI is InChI=1S/C18H16N6O6S/c1-10-17(31-11(2)20-10)15-3-4-16(25)22(21-15)6-5-19-18(26)12-7-13(23(27)28)9-14(8-12)24(29)30/h3-4,7-9H,5-6H2,1-2H3,(H,19,26). The van der Waals surface area contributed by atoms with Crippen LogP contribution in [0.4, 0.5) is 11.4 Å². The fraction of sp³-hybridized carbons (Fsp3) is 0.222. The van der Waals surface area contributed by atoms with Crippen LogP contribution < -0.4 is 10.9 Å². The van der Waals surface area contributed by atoms with Crippen molar-refractivity contribution < 1.29 is 14.6 Å². The number of carbonyl (C=O) groups is 1. The van der Waals surface area contributed by atoms with E-state index in [4.69, 9.17) is 0 Å². The van der Waals surface area contributed by atoms with Gasteiger partial charge in [0.1, 0.15) is 5.69 Å². The van der Waals surface area contributed by atoms with Crippen molar-refractivity contribution in [2.24, 2.45) is 0 Å². The molecule has 0 saturated heterocycles. The minimum atomic E-state index is -0.818. The van der Waals surface area contributed by atoms with Crippen LogP contribution in [-0.2, 0) is 6.54 Å². The van der Waals surface area contributed by atoms with E-state index in [-0.39, 0.29) is 24.2 Å². The Labute approximate surface area is 178 Å². The van der Waals surface area contributed by atoms with Crippen LogP contribution in [0, 0.1) is 34.1 Å². The van der Waals surface area contributed by atoms with Crippen molar-refractivity contribution in [3.8, 4) is 10.6 Å². The molecule has 0 saturated carbocycles. The van der Waals surface area contributed by atoms with Crippen LogP contribution in [0.5, 0.6) is 0 Å². The van der Waals surface area contributed by atoms with Gasteiger partial charge in [0, 0.05) is 24.7 Å². The van der Waals surface area contributed by atoms with Crippen LogP contribution in [0.2, 0.25) is 0 Å². The summed E-state index contributed by atoms with van der Waals surface area (Å²) in [7, 11) is 0. The van der Waals surface area contributed by atoms with Gasteiger partial charge in [-0.1, -0.05) is 0 Å². The molecular weight excluding hydrogens is 428 g/mol. The summed E-state index contributed by atoms with van der Waals surface area (Å²) < 4.78 is 1.18. The van der Waals surface area contributed by atoms with Gasteiger partial charge in [-0.05, 0) is 19.9 Å². The first kappa shape index (κ1) is 21.7. The Hall–Kier alpha value is -4.00. The predicted molar refractivity (Wildman–Crippen MR) is 111 cm³/mol. The monoisotopic (exact) mass is 444 g/mol. The first-order chi connectivity index (χ1) is 14.7. The number of hydrogen-bond donors (Lipinski definition) is 1. The van der Waals surface area contributed by atoms with Crippen molar-refractivity contribution >= 4 is 28.6 Å². The van der Waals surface area contributed by atoms with Gasteiger partial charge in [0.15, 0.2) is 0 Å². The van der Waals surface area contributed by atoms with Gasteiger partial charge >= 0.3 is 0 Å². The number of aromatic nitrogens is 3. The lowest BCUT2D eigenvalue weighted by Gasteiger charge is -2.08. The van der Waals surface area contributed by atoms with E-state index in [2.05, 4.69) is 15.4 Å². The summed E-state index contributed by atoms with van der Waals surface area (Å²) in [5, 5.41) is 29.6. The number of nitro groups is 2. The van der Waals surface area contributed by atoms with Gasteiger partial charge in [-0.15, -0.1) is 11.3 Å². The molecule has 31 heavy (non-hydrogen) atoms. The minimum absolute atomic E-state index is 0.0214. The van der Waals surface area contributed by atoms with Gasteiger partial charge in [0.2, 0.25) is 0 Å². The van der Waals surface area contributed by atoms with E-state index >= 15 is 0 Å². The third-order valence-electron chi connectivity index (χ3n) is 4.20. The molecule has 3 aromatic rings. The summed E-state index contributed by atoms with van der Waals surface area (Å²) in [6.07, 6.45) is 0.